The molecule has 55 heavy (non-hydrogen) atoms. The summed E-state index contributed by atoms with van der Waals surface area (Å²) < 4.78 is 11.2. The van der Waals surface area contributed by atoms with E-state index in [2.05, 4.69) is 52.6 Å². The van der Waals surface area contributed by atoms with Gasteiger partial charge in [-0.1, -0.05) is 80.1 Å². The molecule has 0 amide bonds. The van der Waals surface area contributed by atoms with Gasteiger partial charge in [-0.15, -0.1) is 0 Å². The van der Waals surface area contributed by atoms with Crippen LogP contribution in [-0.2, 0) is 45.5 Å². The van der Waals surface area contributed by atoms with Crippen molar-refractivity contribution in [1.29, 1.82) is 0 Å². The Balaban J connectivity index is 0.000000187. The number of phenols is 1. The van der Waals surface area contributed by atoms with E-state index >= 15 is 0 Å². The van der Waals surface area contributed by atoms with Crippen LogP contribution >= 0.6 is 0 Å². The fraction of sp³-hybridized carbons (Fsp3) is 0.467. The van der Waals surface area contributed by atoms with Gasteiger partial charge < -0.3 is 24.0 Å². The minimum absolute atomic E-state index is 0.00343. The third-order valence-electron chi connectivity index (χ3n) is 10.8. The van der Waals surface area contributed by atoms with E-state index in [0.29, 0.717) is 29.9 Å². The summed E-state index contributed by atoms with van der Waals surface area (Å²) in [6.07, 6.45) is 10.8. The van der Waals surface area contributed by atoms with E-state index in [1.807, 2.05) is 10.6 Å². The Morgan fingerprint density at radius 3 is 1.55 bits per heavy atom. The lowest BCUT2D eigenvalue weighted by Crippen LogP contribution is -2.21. The second kappa shape index (κ2) is 17.1. The number of aromatic nitrogens is 4. The number of hydrogen-bond acceptors (Lipinski definition) is 6. The predicted octanol–water partition coefficient (Wildman–Crippen LogP) is 8.63. The van der Waals surface area contributed by atoms with E-state index in [4.69, 9.17) is 4.74 Å². The molecule has 2 N–H and O–H groups in total. The van der Waals surface area contributed by atoms with Gasteiger partial charge in [0.2, 0.25) is 5.56 Å². The molecule has 292 valence electrons. The molecule has 1 aliphatic rings. The second-order valence-electron chi connectivity index (χ2n) is 14.9. The third-order valence-corrected chi connectivity index (χ3v) is 10.8. The number of nitrogens with one attached hydrogen (secondary N) is 1. The minimum atomic E-state index is -0.229. The summed E-state index contributed by atoms with van der Waals surface area (Å²) in [5.41, 5.74) is 6.37. The highest BCUT2D eigenvalue weighted by Gasteiger charge is 2.25. The Morgan fingerprint density at radius 1 is 0.564 bits per heavy atom. The molecule has 6 aromatic rings. The van der Waals surface area contributed by atoms with Crippen molar-refractivity contribution in [3.8, 4) is 11.5 Å². The summed E-state index contributed by atoms with van der Waals surface area (Å²) in [5, 5.41) is 15.0. The van der Waals surface area contributed by atoms with E-state index in [9.17, 15) is 24.3 Å². The maximum Gasteiger partial charge on any atom is 0.254 e. The van der Waals surface area contributed by atoms with Crippen molar-refractivity contribution >= 4 is 43.6 Å². The number of aromatic hydroxyl groups is 1. The SMILES string of the molecule is CCCCn1c(=O)cc(CCC)c2cc3c(CCC)cc(=O)[nH]c3c(O)c21.CCCCn1c(=O)cc(CCC)c2cc3c(CCC)cc(=O)n4c3c(c21)OC4. The average Bonchev–Trinajstić information content (AvgIpc) is 3.61. The first-order valence-electron chi connectivity index (χ1n) is 20.4. The van der Waals surface area contributed by atoms with Gasteiger partial charge in [0.15, 0.2) is 18.2 Å². The van der Waals surface area contributed by atoms with Gasteiger partial charge in [0.25, 0.3) is 16.7 Å². The van der Waals surface area contributed by atoms with Crippen LogP contribution in [0.3, 0.4) is 0 Å². The van der Waals surface area contributed by atoms with E-state index in [0.717, 1.165) is 132 Å². The molecule has 0 saturated carbocycles. The third kappa shape index (κ3) is 7.48. The van der Waals surface area contributed by atoms with Gasteiger partial charge in [-0.25, -0.2) is 0 Å². The van der Waals surface area contributed by atoms with Gasteiger partial charge in [0.1, 0.15) is 0 Å². The number of rotatable bonds is 14. The first-order valence-corrected chi connectivity index (χ1v) is 20.4. The maximum atomic E-state index is 12.9. The number of nitrogens with zero attached hydrogens (tertiary/aromatic N) is 3. The number of aryl methyl sites for hydroxylation is 6. The van der Waals surface area contributed by atoms with Crippen LogP contribution in [-0.4, -0.2) is 23.8 Å². The Hall–Kier alpha value is -5.12. The zero-order valence-corrected chi connectivity index (χ0v) is 33.4. The summed E-state index contributed by atoms with van der Waals surface area (Å²) in [5.74, 6) is 0.706. The number of unbranched alkanes of at least 4 members (excludes halogenated alkanes) is 2. The van der Waals surface area contributed by atoms with E-state index in [-0.39, 0.29) is 34.7 Å². The number of benzene rings is 2. The quantitative estimate of drug-likeness (QED) is 0.107. The molecule has 10 heteroatoms. The second-order valence-corrected chi connectivity index (χ2v) is 14.9. The van der Waals surface area contributed by atoms with Crippen molar-refractivity contribution in [2.75, 3.05) is 0 Å². The molecule has 0 atom stereocenters. The van der Waals surface area contributed by atoms with Crippen LogP contribution in [0.4, 0.5) is 0 Å². The topological polar surface area (TPSA) is 128 Å². The maximum absolute atomic E-state index is 12.9. The number of fused-ring (bicyclic) bond motifs is 4. The largest absolute Gasteiger partial charge is 0.504 e. The van der Waals surface area contributed by atoms with Crippen molar-refractivity contribution in [1.82, 2.24) is 18.7 Å². The standard InChI is InChI=1S/C23H28N2O3.C22H28N2O3/c1-4-7-10-24-19(26)11-15(8-5-2)17-13-18-16(9-6-3)12-20(27)25-14-28-23(21(17)24)22(18)25;1-4-7-10-24-19(26)12-15(9-6-3)17-13-16-14(8-5-2)11-18(25)23-20(16)22(27)21(17)24/h11-13H,4-10,14H2,1-3H3;11-13,27H,4-10H2,1-3H3,(H,23,25). The molecule has 0 fully saturated rings. The van der Waals surface area contributed by atoms with Gasteiger partial charge in [0.05, 0.1) is 22.1 Å². The lowest BCUT2D eigenvalue weighted by atomic mass is 9.97. The molecule has 4 aromatic heterocycles. The summed E-state index contributed by atoms with van der Waals surface area (Å²) >= 11 is 0. The highest BCUT2D eigenvalue weighted by molar-refractivity contribution is 6.05. The van der Waals surface area contributed by atoms with Crippen molar-refractivity contribution < 1.29 is 9.84 Å². The normalized spacial score (nSPS) is 12.2. The zero-order valence-electron chi connectivity index (χ0n) is 33.4. The molecule has 0 spiro atoms. The van der Waals surface area contributed by atoms with Crippen LogP contribution in [0.1, 0.15) is 115 Å². The predicted molar refractivity (Wildman–Crippen MR) is 224 cm³/mol. The first-order chi connectivity index (χ1) is 26.6. The van der Waals surface area contributed by atoms with Gasteiger partial charge >= 0.3 is 0 Å². The molecule has 0 aliphatic carbocycles. The number of ether oxygens (including phenoxy) is 1. The van der Waals surface area contributed by atoms with Crippen molar-refractivity contribution in [3.63, 3.8) is 0 Å². The highest BCUT2D eigenvalue weighted by Crippen LogP contribution is 2.40. The van der Waals surface area contributed by atoms with Gasteiger partial charge in [-0.2, -0.15) is 0 Å². The van der Waals surface area contributed by atoms with E-state index in [1.165, 1.54) is 0 Å². The fourth-order valence-corrected chi connectivity index (χ4v) is 8.23. The van der Waals surface area contributed by atoms with Crippen LogP contribution in [0.2, 0.25) is 0 Å². The highest BCUT2D eigenvalue weighted by atomic mass is 16.5. The molecule has 7 rings (SSSR count). The number of phenolic OH excluding ortho intramolecular Hbond substituents is 1. The summed E-state index contributed by atoms with van der Waals surface area (Å²) in [6, 6.07) is 11.1. The molecular weight excluding hydrogens is 693 g/mol. The number of aromatic amines is 1. The van der Waals surface area contributed by atoms with Crippen molar-refractivity contribution in [2.45, 2.75) is 138 Å². The molecule has 5 heterocycles. The summed E-state index contributed by atoms with van der Waals surface area (Å²) in [6.45, 7) is 14.0. The zero-order chi connectivity index (χ0) is 39.4. The van der Waals surface area contributed by atoms with Gasteiger partial charge in [-0.05, 0) is 72.9 Å². The lowest BCUT2D eigenvalue weighted by molar-refractivity contribution is 0.268. The number of hydrogen-bond donors (Lipinski definition) is 2. The Labute approximate surface area is 321 Å². The average molecular weight is 749 g/mol. The number of H-pyrrole nitrogens is 1. The van der Waals surface area contributed by atoms with Crippen LogP contribution in [0.25, 0.3) is 43.6 Å². The lowest BCUT2D eigenvalue weighted by Gasteiger charge is -2.17. The molecule has 0 bridgehead atoms. The molecule has 2 aromatic carbocycles. The van der Waals surface area contributed by atoms with Crippen molar-refractivity contribution in [3.05, 3.63) is 100 Å². The van der Waals surface area contributed by atoms with Crippen LogP contribution in [0.5, 0.6) is 11.5 Å². The van der Waals surface area contributed by atoms with Crippen LogP contribution in [0.15, 0.2) is 55.6 Å². The fourth-order valence-electron chi connectivity index (χ4n) is 8.23. The molecule has 0 unspecified atom stereocenters. The van der Waals surface area contributed by atoms with Crippen LogP contribution < -0.4 is 27.0 Å². The first kappa shape index (κ1) is 39.6. The van der Waals surface area contributed by atoms with E-state index < -0.39 is 0 Å². The Bertz CT molecular complexity index is 2630. The molecule has 0 saturated heterocycles. The van der Waals surface area contributed by atoms with Crippen molar-refractivity contribution in [2.24, 2.45) is 0 Å². The van der Waals surface area contributed by atoms with E-state index in [1.54, 1.807) is 33.4 Å². The van der Waals surface area contributed by atoms with Crippen LogP contribution in [0, 0.1) is 0 Å². The molecule has 1 aliphatic heterocycles. The monoisotopic (exact) mass is 748 g/mol. The smallest absolute Gasteiger partial charge is 0.254 e. The minimum Gasteiger partial charge on any atom is -0.504 e. The molecular formula is C45H56N4O6. The summed E-state index contributed by atoms with van der Waals surface area (Å²) in [4.78, 5) is 53.2. The molecule has 0 radical (unpaired) electrons. The summed E-state index contributed by atoms with van der Waals surface area (Å²) in [7, 11) is 0. The van der Waals surface area contributed by atoms with Gasteiger partial charge in [-0.3, -0.25) is 23.7 Å². The Kier molecular flexibility index (Phi) is 12.3. The number of pyridine rings is 4. The van der Waals surface area contributed by atoms with Gasteiger partial charge in [0, 0.05) is 58.9 Å². The molecule has 10 nitrogen and oxygen atoms in total. The Morgan fingerprint density at radius 2 is 1.02 bits per heavy atom.